The van der Waals surface area contributed by atoms with Gasteiger partial charge in [0.15, 0.2) is 0 Å². The third-order valence-corrected chi connectivity index (χ3v) is 4.34. The van der Waals surface area contributed by atoms with Gasteiger partial charge in [0.25, 0.3) is 5.91 Å². The monoisotopic (exact) mass is 358 g/mol. The van der Waals surface area contributed by atoms with Gasteiger partial charge in [-0.3, -0.25) is 15.0 Å². The van der Waals surface area contributed by atoms with Gasteiger partial charge in [0.05, 0.1) is 24.5 Å². The van der Waals surface area contributed by atoms with Crippen molar-refractivity contribution in [1.29, 1.82) is 5.41 Å². The molecular formula is C18H22N4O4. The van der Waals surface area contributed by atoms with Gasteiger partial charge >= 0.3 is 5.97 Å². The lowest BCUT2D eigenvalue weighted by Crippen LogP contribution is -2.34. The average Bonchev–Trinajstić information content (AvgIpc) is 3.10. The van der Waals surface area contributed by atoms with Gasteiger partial charge in [-0.1, -0.05) is 12.5 Å². The Labute approximate surface area is 150 Å². The lowest BCUT2D eigenvalue weighted by Gasteiger charge is -2.24. The normalized spacial score (nSPS) is 14.9. The minimum Gasteiger partial charge on any atom is -0.471 e. The van der Waals surface area contributed by atoms with Gasteiger partial charge in [-0.25, -0.2) is 0 Å². The number of nitrogens with zero attached hydrogens (tertiary/aromatic N) is 1. The zero-order valence-corrected chi connectivity index (χ0v) is 14.4. The summed E-state index contributed by atoms with van der Waals surface area (Å²) in [6.07, 6.45) is 6.23. The van der Waals surface area contributed by atoms with Crippen molar-refractivity contribution in [3.05, 3.63) is 35.8 Å². The minimum atomic E-state index is -0.409. The van der Waals surface area contributed by atoms with E-state index in [4.69, 9.17) is 20.4 Å². The maximum Gasteiger partial charge on any atom is 0.326 e. The Balaban J connectivity index is 1.60. The molecule has 0 saturated carbocycles. The number of hydroxylamine groups is 2. The number of nitrogens with two attached hydrogens (primary N) is 1. The van der Waals surface area contributed by atoms with Crippen LogP contribution in [-0.2, 0) is 9.63 Å². The number of rotatable bonds is 6. The van der Waals surface area contributed by atoms with Crippen LogP contribution in [0.1, 0.15) is 41.6 Å². The Kier molecular flexibility index (Phi) is 5.52. The molecule has 1 aromatic heterocycles. The van der Waals surface area contributed by atoms with Gasteiger partial charge in [0, 0.05) is 36.0 Å². The molecule has 0 spiro atoms. The van der Waals surface area contributed by atoms with Crippen LogP contribution in [0.25, 0.3) is 10.8 Å². The number of hydrogen-bond acceptors (Lipinski definition) is 6. The van der Waals surface area contributed by atoms with Gasteiger partial charge in [-0.05, 0) is 18.9 Å². The van der Waals surface area contributed by atoms with Gasteiger partial charge in [0.1, 0.15) is 5.84 Å². The fraction of sp³-hybridized carbons (Fsp3) is 0.389. The molecule has 8 heteroatoms. The summed E-state index contributed by atoms with van der Waals surface area (Å²) < 4.78 is 5.15. The molecule has 0 bridgehead atoms. The second-order valence-electron chi connectivity index (χ2n) is 6.24. The van der Waals surface area contributed by atoms with Gasteiger partial charge < -0.3 is 20.3 Å². The number of piperidine rings is 1. The molecule has 1 aliphatic heterocycles. The van der Waals surface area contributed by atoms with Crippen LogP contribution in [0.2, 0.25) is 0 Å². The summed E-state index contributed by atoms with van der Waals surface area (Å²) in [5.74, 6) is -0.990. The smallest absolute Gasteiger partial charge is 0.326 e. The maximum atomic E-state index is 12.6. The predicted molar refractivity (Wildman–Crippen MR) is 95.7 cm³/mol. The number of hydrogen-bond donors (Lipinski definition) is 3. The SMILES string of the molecule is N=C(N)c1ccc2cocc2c1C(=O)NCCC(=O)ON1CCCCC1. The molecule has 4 N–H and O–H groups in total. The fourth-order valence-corrected chi connectivity index (χ4v) is 3.02. The number of carbonyl (C=O) groups is 2. The first-order valence-electron chi connectivity index (χ1n) is 8.63. The van der Waals surface area contributed by atoms with E-state index >= 15 is 0 Å². The molecule has 0 aliphatic carbocycles. The number of amides is 1. The van der Waals surface area contributed by atoms with Crippen LogP contribution in [0.5, 0.6) is 0 Å². The number of nitrogens with one attached hydrogen (secondary N) is 2. The predicted octanol–water partition coefficient (Wildman–Crippen LogP) is 1.78. The van der Waals surface area contributed by atoms with E-state index in [1.165, 1.54) is 12.5 Å². The number of fused-ring (bicyclic) bond motifs is 1. The Bertz CT molecular complexity index is 824. The fourth-order valence-electron chi connectivity index (χ4n) is 3.02. The number of nitrogen functional groups attached to an aromatic ring is 1. The van der Waals surface area contributed by atoms with Crippen molar-refractivity contribution < 1.29 is 18.8 Å². The lowest BCUT2D eigenvalue weighted by molar-refractivity contribution is -0.194. The Morgan fingerprint density at radius 2 is 2.00 bits per heavy atom. The van der Waals surface area contributed by atoms with E-state index in [0.717, 1.165) is 37.7 Å². The van der Waals surface area contributed by atoms with Crippen LogP contribution >= 0.6 is 0 Å². The molecule has 26 heavy (non-hydrogen) atoms. The largest absolute Gasteiger partial charge is 0.471 e. The number of carbonyl (C=O) groups excluding carboxylic acids is 2. The molecule has 1 aliphatic rings. The van der Waals surface area contributed by atoms with E-state index in [1.54, 1.807) is 17.2 Å². The lowest BCUT2D eigenvalue weighted by atomic mass is 10.0. The van der Waals surface area contributed by atoms with Crippen LogP contribution in [0, 0.1) is 5.41 Å². The van der Waals surface area contributed by atoms with Crippen molar-refractivity contribution >= 4 is 28.5 Å². The first kappa shape index (κ1) is 17.9. The van der Waals surface area contributed by atoms with Crippen molar-refractivity contribution in [3.8, 4) is 0 Å². The second kappa shape index (κ2) is 8.01. The summed E-state index contributed by atoms with van der Waals surface area (Å²) in [6, 6.07) is 3.35. The van der Waals surface area contributed by atoms with Crippen molar-refractivity contribution in [3.63, 3.8) is 0 Å². The molecule has 0 unspecified atom stereocenters. The third-order valence-electron chi connectivity index (χ3n) is 4.34. The van der Waals surface area contributed by atoms with Crippen LogP contribution in [0.3, 0.4) is 0 Å². The van der Waals surface area contributed by atoms with Gasteiger partial charge in [0.2, 0.25) is 0 Å². The van der Waals surface area contributed by atoms with E-state index in [2.05, 4.69) is 5.32 Å². The maximum absolute atomic E-state index is 12.6. The first-order chi connectivity index (χ1) is 12.6. The highest BCUT2D eigenvalue weighted by Crippen LogP contribution is 2.23. The molecule has 0 radical (unpaired) electrons. The molecule has 138 valence electrons. The summed E-state index contributed by atoms with van der Waals surface area (Å²) in [4.78, 5) is 29.7. The average molecular weight is 358 g/mol. The molecule has 1 fully saturated rings. The van der Waals surface area contributed by atoms with E-state index in [-0.39, 0.29) is 30.3 Å². The van der Waals surface area contributed by atoms with E-state index in [0.29, 0.717) is 10.9 Å². The van der Waals surface area contributed by atoms with E-state index in [1.807, 2.05) is 0 Å². The molecule has 2 heterocycles. The zero-order chi connectivity index (χ0) is 18.5. The summed E-state index contributed by atoms with van der Waals surface area (Å²) in [5, 5.41) is 13.4. The van der Waals surface area contributed by atoms with Crippen molar-refractivity contribution in [2.24, 2.45) is 5.73 Å². The molecule has 0 atom stereocenters. The quantitative estimate of drug-likeness (QED) is 0.534. The molecule has 1 aromatic carbocycles. The topological polar surface area (TPSA) is 122 Å². The van der Waals surface area contributed by atoms with E-state index < -0.39 is 5.91 Å². The van der Waals surface area contributed by atoms with E-state index in [9.17, 15) is 9.59 Å². The van der Waals surface area contributed by atoms with Gasteiger partial charge in [-0.2, -0.15) is 0 Å². The highest BCUT2D eigenvalue weighted by Gasteiger charge is 2.19. The first-order valence-corrected chi connectivity index (χ1v) is 8.63. The minimum absolute atomic E-state index is 0.0685. The molecule has 8 nitrogen and oxygen atoms in total. The Hall–Kier alpha value is -2.87. The van der Waals surface area contributed by atoms with Crippen molar-refractivity contribution in [2.75, 3.05) is 19.6 Å². The van der Waals surface area contributed by atoms with Crippen LogP contribution in [0.15, 0.2) is 29.1 Å². The third kappa shape index (κ3) is 4.02. The molecule has 3 rings (SSSR count). The standard InChI is InChI=1S/C18H22N4O4/c19-17(20)13-5-4-12-10-25-11-14(12)16(13)18(24)21-7-6-15(23)26-22-8-2-1-3-9-22/h4-5,10-11H,1-3,6-9H2,(H3,19,20)(H,21,24). The van der Waals surface area contributed by atoms with Crippen LogP contribution in [0.4, 0.5) is 0 Å². The van der Waals surface area contributed by atoms with Crippen LogP contribution < -0.4 is 11.1 Å². The highest BCUT2D eigenvalue weighted by molar-refractivity contribution is 6.15. The Morgan fingerprint density at radius 1 is 1.23 bits per heavy atom. The molecular weight excluding hydrogens is 336 g/mol. The number of amidine groups is 1. The van der Waals surface area contributed by atoms with Crippen molar-refractivity contribution in [2.45, 2.75) is 25.7 Å². The zero-order valence-electron chi connectivity index (χ0n) is 14.4. The van der Waals surface area contributed by atoms with Crippen LogP contribution in [-0.4, -0.2) is 42.4 Å². The summed E-state index contributed by atoms with van der Waals surface area (Å²) in [7, 11) is 0. The Morgan fingerprint density at radius 3 is 2.73 bits per heavy atom. The van der Waals surface area contributed by atoms with Gasteiger partial charge in [-0.15, -0.1) is 5.06 Å². The number of benzene rings is 1. The van der Waals surface area contributed by atoms with Crippen molar-refractivity contribution in [1.82, 2.24) is 10.4 Å². The summed E-state index contributed by atoms with van der Waals surface area (Å²) in [6.45, 7) is 1.64. The summed E-state index contributed by atoms with van der Waals surface area (Å²) in [5.41, 5.74) is 6.18. The second-order valence-corrected chi connectivity index (χ2v) is 6.24. The molecule has 1 amide bonds. The molecule has 2 aromatic rings. The summed E-state index contributed by atoms with van der Waals surface area (Å²) >= 11 is 0. The molecule has 1 saturated heterocycles. The number of furan rings is 1. The highest BCUT2D eigenvalue weighted by atomic mass is 16.7.